The standard InChI is InChI=1S/C6H5NO3/c8-3-1-4-5(6(3)9)7-2-10-4/h1,7H,2H2,(H,8,9). The van der Waals surface area contributed by atoms with Crippen LogP contribution in [0, 0.1) is 0 Å². The van der Waals surface area contributed by atoms with Gasteiger partial charge in [0.15, 0.2) is 18.2 Å². The van der Waals surface area contributed by atoms with Crippen LogP contribution >= 0.6 is 0 Å². The lowest BCUT2D eigenvalue weighted by Gasteiger charge is -1.91. The molecule has 0 spiro atoms. The molecule has 0 saturated carbocycles. The maximum Gasteiger partial charge on any atom is 0.226 e. The number of carbonyl (C=O) groups is 1. The summed E-state index contributed by atoms with van der Waals surface area (Å²) in [4.78, 5) is 10.7. The molecule has 4 nitrogen and oxygen atoms in total. The molecule has 2 rings (SSSR count). The van der Waals surface area contributed by atoms with Gasteiger partial charge >= 0.3 is 0 Å². The Morgan fingerprint density at radius 3 is 3.20 bits per heavy atom. The van der Waals surface area contributed by atoms with Gasteiger partial charge in [0.05, 0.1) is 0 Å². The molecule has 0 aromatic heterocycles. The van der Waals surface area contributed by atoms with Crippen molar-refractivity contribution in [2.75, 3.05) is 6.73 Å². The Morgan fingerprint density at radius 1 is 1.70 bits per heavy atom. The van der Waals surface area contributed by atoms with E-state index in [2.05, 4.69) is 5.32 Å². The van der Waals surface area contributed by atoms with Crippen LogP contribution in [0.25, 0.3) is 0 Å². The van der Waals surface area contributed by atoms with Crippen molar-refractivity contribution in [2.45, 2.75) is 0 Å². The number of carbonyl (C=O) groups excluding carboxylic acids is 1. The third-order valence-electron chi connectivity index (χ3n) is 1.46. The lowest BCUT2D eigenvalue weighted by molar-refractivity contribution is -0.113. The number of ether oxygens (including phenoxy) is 1. The summed E-state index contributed by atoms with van der Waals surface area (Å²) in [6.07, 6.45) is 1.27. The number of aliphatic hydroxyl groups is 1. The summed E-state index contributed by atoms with van der Waals surface area (Å²) in [7, 11) is 0. The Kier molecular flexibility index (Phi) is 0.818. The largest absolute Gasteiger partial charge is 0.503 e. The number of aliphatic hydroxyl groups excluding tert-OH is 1. The van der Waals surface area contributed by atoms with Gasteiger partial charge in [0.1, 0.15) is 5.70 Å². The van der Waals surface area contributed by atoms with E-state index in [-0.39, 0.29) is 5.76 Å². The van der Waals surface area contributed by atoms with Gasteiger partial charge in [-0.25, -0.2) is 0 Å². The molecule has 0 atom stereocenters. The Labute approximate surface area is 56.8 Å². The fraction of sp³-hybridized carbons (Fsp3) is 0.167. The van der Waals surface area contributed by atoms with Crippen LogP contribution in [0.3, 0.4) is 0 Å². The molecule has 10 heavy (non-hydrogen) atoms. The van der Waals surface area contributed by atoms with Gasteiger partial charge in [0.25, 0.3) is 0 Å². The molecule has 0 bridgehead atoms. The summed E-state index contributed by atoms with van der Waals surface area (Å²) in [5.41, 5.74) is 0.421. The first kappa shape index (κ1) is 5.34. The minimum absolute atomic E-state index is 0.243. The summed E-state index contributed by atoms with van der Waals surface area (Å²) in [6, 6.07) is 0. The zero-order valence-electron chi connectivity index (χ0n) is 5.05. The number of rotatable bonds is 0. The van der Waals surface area contributed by atoms with Crippen molar-refractivity contribution in [1.29, 1.82) is 0 Å². The van der Waals surface area contributed by atoms with Crippen molar-refractivity contribution in [2.24, 2.45) is 0 Å². The van der Waals surface area contributed by atoms with Crippen molar-refractivity contribution in [3.8, 4) is 0 Å². The molecule has 0 aromatic rings. The molecule has 1 saturated heterocycles. The molecule has 1 heterocycles. The van der Waals surface area contributed by atoms with Crippen molar-refractivity contribution < 1.29 is 14.6 Å². The smallest absolute Gasteiger partial charge is 0.226 e. The number of nitrogens with one attached hydrogen (secondary N) is 1. The van der Waals surface area contributed by atoms with Crippen molar-refractivity contribution in [1.82, 2.24) is 5.32 Å². The van der Waals surface area contributed by atoms with Crippen LogP contribution in [0.4, 0.5) is 0 Å². The minimum atomic E-state index is -0.391. The quantitative estimate of drug-likeness (QED) is 0.488. The molecule has 4 heteroatoms. The number of fused-ring (bicyclic) bond motifs is 1. The fourth-order valence-electron chi connectivity index (χ4n) is 0.970. The van der Waals surface area contributed by atoms with Gasteiger partial charge in [-0.2, -0.15) is 0 Å². The highest BCUT2D eigenvalue weighted by Gasteiger charge is 2.29. The summed E-state index contributed by atoms with van der Waals surface area (Å²) in [6.45, 7) is 0.332. The van der Waals surface area contributed by atoms with Gasteiger partial charge < -0.3 is 15.2 Å². The molecular weight excluding hydrogens is 134 g/mol. The Morgan fingerprint density at radius 2 is 2.50 bits per heavy atom. The summed E-state index contributed by atoms with van der Waals surface area (Å²) < 4.78 is 4.93. The monoisotopic (exact) mass is 139 g/mol. The Bertz CT molecular complexity index is 264. The first-order valence-electron chi connectivity index (χ1n) is 2.85. The van der Waals surface area contributed by atoms with Crippen LogP contribution in [0.5, 0.6) is 0 Å². The van der Waals surface area contributed by atoms with E-state index in [4.69, 9.17) is 9.84 Å². The van der Waals surface area contributed by atoms with E-state index in [1.54, 1.807) is 0 Å². The highest BCUT2D eigenvalue weighted by atomic mass is 16.5. The highest BCUT2D eigenvalue weighted by Crippen LogP contribution is 2.24. The SMILES string of the molecule is O=C1C=C2OCNC2=C1O. The van der Waals surface area contributed by atoms with Gasteiger partial charge in [-0.1, -0.05) is 0 Å². The number of hydrogen-bond acceptors (Lipinski definition) is 4. The van der Waals surface area contributed by atoms with E-state index in [9.17, 15) is 4.79 Å². The lowest BCUT2D eigenvalue weighted by atomic mass is 10.4. The third kappa shape index (κ3) is 0.478. The maximum atomic E-state index is 10.7. The third-order valence-corrected chi connectivity index (χ3v) is 1.46. The maximum absolute atomic E-state index is 10.7. The molecule has 0 radical (unpaired) electrons. The molecule has 2 N–H and O–H groups in total. The van der Waals surface area contributed by atoms with E-state index in [1.807, 2.05) is 0 Å². The van der Waals surface area contributed by atoms with Gasteiger partial charge in [-0.3, -0.25) is 4.79 Å². The van der Waals surface area contributed by atoms with Crippen molar-refractivity contribution in [3.05, 3.63) is 23.3 Å². The summed E-state index contributed by atoms with van der Waals surface area (Å²) in [5.74, 6) is -0.188. The Hall–Kier alpha value is -1.45. The average Bonchev–Trinajstić information content (AvgIpc) is 2.41. The van der Waals surface area contributed by atoms with Crippen LogP contribution in [0.1, 0.15) is 0 Å². The molecule has 2 aliphatic rings. The fourth-order valence-corrected chi connectivity index (χ4v) is 0.970. The molecule has 1 aliphatic heterocycles. The van der Waals surface area contributed by atoms with Gasteiger partial charge in [-0.15, -0.1) is 0 Å². The first-order chi connectivity index (χ1) is 4.79. The van der Waals surface area contributed by atoms with Gasteiger partial charge in [0.2, 0.25) is 5.78 Å². The molecule has 0 aromatic carbocycles. The second-order valence-corrected chi connectivity index (χ2v) is 2.06. The van der Waals surface area contributed by atoms with E-state index < -0.39 is 5.78 Å². The zero-order chi connectivity index (χ0) is 7.14. The predicted molar refractivity (Wildman–Crippen MR) is 31.8 cm³/mol. The molecule has 0 unspecified atom stereocenters. The molecule has 0 amide bonds. The van der Waals surface area contributed by atoms with E-state index in [1.165, 1.54) is 6.08 Å². The van der Waals surface area contributed by atoms with Crippen LogP contribution in [0.15, 0.2) is 23.3 Å². The highest BCUT2D eigenvalue weighted by molar-refractivity contribution is 6.06. The lowest BCUT2D eigenvalue weighted by Crippen LogP contribution is -2.08. The second-order valence-electron chi connectivity index (χ2n) is 2.06. The average molecular weight is 139 g/mol. The Balaban J connectivity index is 2.50. The van der Waals surface area contributed by atoms with E-state index in [0.717, 1.165) is 0 Å². The summed E-state index contributed by atoms with van der Waals surface area (Å²) >= 11 is 0. The van der Waals surface area contributed by atoms with Gasteiger partial charge in [0, 0.05) is 6.08 Å². The topological polar surface area (TPSA) is 58.6 Å². The van der Waals surface area contributed by atoms with Crippen molar-refractivity contribution >= 4 is 5.78 Å². The number of allylic oxidation sites excluding steroid dienone is 1. The molecule has 52 valence electrons. The predicted octanol–water partition coefficient (Wildman–Crippen LogP) is -0.200. The molecular formula is C6H5NO3. The second kappa shape index (κ2) is 1.53. The van der Waals surface area contributed by atoms with E-state index in [0.29, 0.717) is 18.2 Å². The molecule has 1 aliphatic carbocycles. The van der Waals surface area contributed by atoms with Crippen LogP contribution in [-0.2, 0) is 9.53 Å². The van der Waals surface area contributed by atoms with Gasteiger partial charge in [-0.05, 0) is 0 Å². The number of ketones is 1. The number of hydrogen-bond donors (Lipinski definition) is 2. The first-order valence-corrected chi connectivity index (χ1v) is 2.85. The van der Waals surface area contributed by atoms with E-state index >= 15 is 0 Å². The normalized spacial score (nSPS) is 22.0. The van der Waals surface area contributed by atoms with Crippen LogP contribution in [-0.4, -0.2) is 17.6 Å². The molecule has 1 fully saturated rings. The summed E-state index contributed by atoms with van der Waals surface area (Å²) in [5, 5.41) is 11.7. The van der Waals surface area contributed by atoms with Crippen LogP contribution < -0.4 is 5.32 Å². The van der Waals surface area contributed by atoms with Crippen LogP contribution in [0.2, 0.25) is 0 Å². The minimum Gasteiger partial charge on any atom is -0.503 e. The van der Waals surface area contributed by atoms with Crippen molar-refractivity contribution in [3.63, 3.8) is 0 Å². The zero-order valence-corrected chi connectivity index (χ0v) is 5.05.